The summed E-state index contributed by atoms with van der Waals surface area (Å²) in [5.41, 5.74) is 0. The molecule has 0 radical (unpaired) electrons. The van der Waals surface area contributed by atoms with Crippen molar-refractivity contribution < 1.29 is 37.6 Å². The predicted molar refractivity (Wildman–Crippen MR) is 141 cm³/mol. The quantitative estimate of drug-likeness (QED) is 0.0546. The molecular formula is C26H53NO7P+. The molecule has 2 N–H and O–H groups in total. The molecular weight excluding hydrogens is 469 g/mol. The van der Waals surface area contributed by atoms with Crippen LogP contribution in [0.15, 0.2) is 12.2 Å². The maximum absolute atomic E-state index is 12.0. The Morgan fingerprint density at radius 2 is 1.43 bits per heavy atom. The Morgan fingerprint density at radius 3 is 1.97 bits per heavy atom. The summed E-state index contributed by atoms with van der Waals surface area (Å²) in [5, 5.41) is 9.38. The molecule has 0 aromatic heterocycles. The SMILES string of the molecule is CCCCCCCC/C=C/CCCCCCCC(=O)O[C@@H](CO)COP(=O)(O)OCC[N+](C)(C)C. The molecule has 1 unspecified atom stereocenters. The predicted octanol–water partition coefficient (Wildman–Crippen LogP) is 5.77. The van der Waals surface area contributed by atoms with Crippen molar-refractivity contribution in [3.05, 3.63) is 12.2 Å². The summed E-state index contributed by atoms with van der Waals surface area (Å²) in [6, 6.07) is 0. The van der Waals surface area contributed by atoms with Gasteiger partial charge in [-0.05, 0) is 32.1 Å². The Kier molecular flexibility index (Phi) is 20.9. The largest absolute Gasteiger partial charge is 0.472 e. The lowest BCUT2D eigenvalue weighted by molar-refractivity contribution is -0.870. The van der Waals surface area contributed by atoms with Gasteiger partial charge in [0.25, 0.3) is 0 Å². The third-order valence-electron chi connectivity index (χ3n) is 5.58. The van der Waals surface area contributed by atoms with Crippen molar-refractivity contribution in [1.82, 2.24) is 0 Å². The summed E-state index contributed by atoms with van der Waals surface area (Å²) in [6.45, 7) is 1.94. The van der Waals surface area contributed by atoms with Crippen molar-refractivity contribution >= 4 is 13.8 Å². The van der Waals surface area contributed by atoms with Crippen LogP contribution in [0.4, 0.5) is 0 Å². The fourth-order valence-corrected chi connectivity index (χ4v) is 4.10. The van der Waals surface area contributed by atoms with Crippen molar-refractivity contribution in [3.8, 4) is 0 Å². The Balaban J connectivity index is 3.75. The lowest BCUT2D eigenvalue weighted by Gasteiger charge is -2.24. The first-order valence-electron chi connectivity index (χ1n) is 13.5. The number of ether oxygens (including phenoxy) is 1. The van der Waals surface area contributed by atoms with Gasteiger partial charge >= 0.3 is 13.8 Å². The minimum absolute atomic E-state index is 0.0519. The molecule has 0 aromatic carbocycles. The Labute approximate surface area is 214 Å². The number of carbonyl (C=O) groups excluding carboxylic acids is 1. The highest BCUT2D eigenvalue weighted by atomic mass is 31.2. The van der Waals surface area contributed by atoms with Gasteiger partial charge in [-0.1, -0.05) is 70.4 Å². The Morgan fingerprint density at radius 1 is 0.886 bits per heavy atom. The molecule has 2 atom stereocenters. The van der Waals surface area contributed by atoms with E-state index in [9.17, 15) is 19.4 Å². The van der Waals surface area contributed by atoms with E-state index in [0.29, 0.717) is 11.0 Å². The number of aliphatic hydroxyl groups excluding tert-OH is 1. The second kappa shape index (κ2) is 21.3. The number of unbranched alkanes of at least 4 members (excludes halogenated alkanes) is 11. The van der Waals surface area contributed by atoms with E-state index in [2.05, 4.69) is 19.1 Å². The van der Waals surface area contributed by atoms with Gasteiger partial charge in [-0.15, -0.1) is 0 Å². The number of esters is 1. The van der Waals surface area contributed by atoms with E-state index < -0.39 is 33.1 Å². The molecule has 0 fully saturated rings. The molecule has 9 heteroatoms. The number of hydrogen-bond acceptors (Lipinski definition) is 6. The molecule has 0 aliphatic rings. The van der Waals surface area contributed by atoms with Crippen molar-refractivity contribution in [3.63, 3.8) is 0 Å². The molecule has 0 aliphatic heterocycles. The molecule has 0 saturated carbocycles. The second-order valence-electron chi connectivity index (χ2n) is 10.2. The van der Waals surface area contributed by atoms with Gasteiger partial charge in [0.2, 0.25) is 0 Å². The lowest BCUT2D eigenvalue weighted by Crippen LogP contribution is -2.37. The van der Waals surface area contributed by atoms with E-state index in [1.165, 1.54) is 51.4 Å². The molecule has 0 saturated heterocycles. The number of rotatable bonds is 24. The zero-order valence-electron chi connectivity index (χ0n) is 22.8. The van der Waals surface area contributed by atoms with Gasteiger partial charge in [-0.3, -0.25) is 13.8 Å². The molecule has 0 aliphatic carbocycles. The van der Waals surface area contributed by atoms with Crippen LogP contribution in [-0.4, -0.2) is 74.1 Å². The minimum Gasteiger partial charge on any atom is -0.457 e. The molecule has 0 spiro atoms. The summed E-state index contributed by atoms with van der Waals surface area (Å²) in [5.74, 6) is -0.441. The first kappa shape index (κ1) is 34.2. The summed E-state index contributed by atoms with van der Waals surface area (Å²) in [7, 11) is 1.54. The monoisotopic (exact) mass is 522 g/mol. The Bertz CT molecular complexity index is 593. The van der Waals surface area contributed by atoms with Crippen molar-refractivity contribution in [1.29, 1.82) is 0 Å². The van der Waals surface area contributed by atoms with Gasteiger partial charge in [0, 0.05) is 6.42 Å². The van der Waals surface area contributed by atoms with E-state index in [0.717, 1.165) is 32.1 Å². The second-order valence-corrected chi connectivity index (χ2v) is 11.7. The number of carbonyl (C=O) groups is 1. The topological polar surface area (TPSA) is 102 Å². The van der Waals surface area contributed by atoms with Crippen LogP contribution in [0.25, 0.3) is 0 Å². The van der Waals surface area contributed by atoms with Crippen LogP contribution in [-0.2, 0) is 23.1 Å². The molecule has 208 valence electrons. The molecule has 0 heterocycles. The fourth-order valence-electron chi connectivity index (χ4n) is 3.35. The van der Waals surface area contributed by atoms with E-state index in [1.54, 1.807) is 0 Å². The summed E-state index contributed by atoms with van der Waals surface area (Å²) < 4.78 is 27.4. The molecule has 8 nitrogen and oxygen atoms in total. The van der Waals surface area contributed by atoms with Gasteiger partial charge in [-0.2, -0.15) is 0 Å². The summed E-state index contributed by atoms with van der Waals surface area (Å²) in [4.78, 5) is 21.7. The highest BCUT2D eigenvalue weighted by Gasteiger charge is 2.25. The molecule has 0 bridgehead atoms. The van der Waals surface area contributed by atoms with Crippen LogP contribution in [0, 0.1) is 0 Å². The minimum atomic E-state index is -4.26. The highest BCUT2D eigenvalue weighted by molar-refractivity contribution is 7.47. The average molecular weight is 523 g/mol. The lowest BCUT2D eigenvalue weighted by atomic mass is 10.1. The van der Waals surface area contributed by atoms with Gasteiger partial charge in [-0.25, -0.2) is 4.57 Å². The van der Waals surface area contributed by atoms with Gasteiger partial charge in [0.05, 0.1) is 34.4 Å². The molecule has 0 aromatic rings. The number of hydrogen-bond donors (Lipinski definition) is 2. The molecule has 0 rings (SSSR count). The number of phosphoric acid groups is 1. The van der Waals surface area contributed by atoms with Crippen LogP contribution in [0.3, 0.4) is 0 Å². The normalized spacial score (nSPS) is 14.8. The number of nitrogens with zero attached hydrogens (tertiary/aromatic N) is 1. The van der Waals surface area contributed by atoms with Crippen LogP contribution in [0.2, 0.25) is 0 Å². The van der Waals surface area contributed by atoms with E-state index in [1.807, 2.05) is 21.1 Å². The van der Waals surface area contributed by atoms with Crippen LogP contribution in [0.5, 0.6) is 0 Å². The van der Waals surface area contributed by atoms with Gasteiger partial charge in [0.15, 0.2) is 0 Å². The fraction of sp³-hybridized carbons (Fsp3) is 0.885. The highest BCUT2D eigenvalue weighted by Crippen LogP contribution is 2.43. The summed E-state index contributed by atoms with van der Waals surface area (Å²) in [6.07, 6.45) is 19.2. The van der Waals surface area contributed by atoms with E-state index in [4.69, 9.17) is 13.8 Å². The van der Waals surface area contributed by atoms with Crippen LogP contribution in [0.1, 0.15) is 96.8 Å². The Hall–Kier alpha value is -0.760. The van der Waals surface area contributed by atoms with Crippen molar-refractivity contribution in [2.75, 3.05) is 47.5 Å². The van der Waals surface area contributed by atoms with Crippen LogP contribution < -0.4 is 0 Å². The van der Waals surface area contributed by atoms with Crippen LogP contribution >= 0.6 is 7.82 Å². The number of allylic oxidation sites excluding steroid dienone is 2. The van der Waals surface area contributed by atoms with Crippen molar-refractivity contribution in [2.45, 2.75) is 103 Å². The first-order chi connectivity index (χ1) is 16.6. The standard InChI is InChI=1S/C26H52NO7P/c1-5-6-7-8-9-10-11-12-13-14-15-16-17-18-19-20-26(29)34-25(23-28)24-33-35(30,31)32-22-21-27(2,3)4/h12-13,25,28H,5-11,14-24H2,1-4H3/p+1/b13-12+/t25-/m0/s1. The summed E-state index contributed by atoms with van der Waals surface area (Å²) >= 11 is 0. The third kappa shape index (κ3) is 24.7. The number of likely N-dealkylation sites (N-methyl/N-ethyl adjacent to an activating group) is 1. The first-order valence-corrected chi connectivity index (χ1v) is 15.0. The smallest absolute Gasteiger partial charge is 0.457 e. The van der Waals surface area contributed by atoms with Gasteiger partial charge in [0.1, 0.15) is 19.3 Å². The van der Waals surface area contributed by atoms with Gasteiger partial charge < -0.3 is 19.2 Å². The van der Waals surface area contributed by atoms with E-state index >= 15 is 0 Å². The molecule has 0 amide bonds. The third-order valence-corrected chi connectivity index (χ3v) is 6.57. The maximum atomic E-state index is 12.0. The maximum Gasteiger partial charge on any atom is 0.472 e. The zero-order chi connectivity index (χ0) is 26.4. The van der Waals surface area contributed by atoms with Crippen molar-refractivity contribution in [2.24, 2.45) is 0 Å². The zero-order valence-corrected chi connectivity index (χ0v) is 23.7. The number of quaternary nitrogens is 1. The molecule has 35 heavy (non-hydrogen) atoms. The van der Waals surface area contributed by atoms with E-state index in [-0.39, 0.29) is 13.0 Å². The number of phosphoric ester groups is 1. The number of aliphatic hydroxyl groups is 1. The average Bonchev–Trinajstić information content (AvgIpc) is 2.78.